The summed E-state index contributed by atoms with van der Waals surface area (Å²) in [5.41, 5.74) is 10.0. The van der Waals surface area contributed by atoms with Crippen molar-refractivity contribution in [1.82, 2.24) is 4.90 Å². The van der Waals surface area contributed by atoms with E-state index in [0.717, 1.165) is 37.3 Å². The highest BCUT2D eigenvalue weighted by molar-refractivity contribution is 5.46. The molecule has 0 spiro atoms. The fourth-order valence-corrected chi connectivity index (χ4v) is 2.62. The molecule has 0 saturated carbocycles. The van der Waals surface area contributed by atoms with Crippen molar-refractivity contribution in [3.63, 3.8) is 0 Å². The maximum atomic E-state index is 13.5. The van der Waals surface area contributed by atoms with Gasteiger partial charge in [0.25, 0.3) is 0 Å². The van der Waals surface area contributed by atoms with Crippen LogP contribution in [0.15, 0.2) is 42.5 Å². The van der Waals surface area contributed by atoms with Crippen LogP contribution in [0.1, 0.15) is 16.7 Å². The summed E-state index contributed by atoms with van der Waals surface area (Å²) < 4.78 is 13.5. The molecule has 0 amide bonds. The summed E-state index contributed by atoms with van der Waals surface area (Å²) in [5, 5.41) is 0. The maximum Gasteiger partial charge on any atom is 0.126 e. The molecule has 0 radical (unpaired) electrons. The van der Waals surface area contributed by atoms with Crippen molar-refractivity contribution in [2.45, 2.75) is 19.5 Å². The van der Waals surface area contributed by atoms with Crippen molar-refractivity contribution >= 4 is 5.69 Å². The number of hydrogen-bond donors (Lipinski definition) is 1. The molecule has 0 aliphatic carbocycles. The fourth-order valence-electron chi connectivity index (χ4n) is 2.62. The zero-order chi connectivity index (χ0) is 13.2. The van der Waals surface area contributed by atoms with E-state index in [9.17, 15) is 4.39 Å². The van der Waals surface area contributed by atoms with Gasteiger partial charge in [0.2, 0.25) is 0 Å². The minimum Gasteiger partial charge on any atom is -0.399 e. The molecular formula is C16H17FN2. The monoisotopic (exact) mass is 256 g/mol. The highest BCUT2D eigenvalue weighted by Gasteiger charge is 2.18. The van der Waals surface area contributed by atoms with Crippen molar-refractivity contribution < 1.29 is 4.39 Å². The number of nitrogens with two attached hydrogens (primary N) is 1. The standard InChI is InChI=1S/C16H17FN2/c17-16-4-2-1-3-12(16)7-8-19-10-13-5-6-15(18)9-14(13)11-19/h1-6,9H,7-8,10-11,18H2. The average Bonchev–Trinajstić information content (AvgIpc) is 2.79. The lowest BCUT2D eigenvalue weighted by molar-refractivity contribution is 0.287. The van der Waals surface area contributed by atoms with E-state index in [2.05, 4.69) is 11.0 Å². The molecule has 0 aromatic heterocycles. The molecule has 0 saturated heterocycles. The van der Waals surface area contributed by atoms with Crippen LogP contribution >= 0.6 is 0 Å². The van der Waals surface area contributed by atoms with Crippen LogP contribution in [0.2, 0.25) is 0 Å². The van der Waals surface area contributed by atoms with E-state index in [1.807, 2.05) is 24.3 Å². The molecule has 1 aliphatic rings. The van der Waals surface area contributed by atoms with E-state index < -0.39 is 0 Å². The molecule has 0 fully saturated rings. The quantitative estimate of drug-likeness (QED) is 0.855. The number of halogens is 1. The highest BCUT2D eigenvalue weighted by atomic mass is 19.1. The number of nitrogen functional groups attached to an aromatic ring is 1. The fraction of sp³-hybridized carbons (Fsp3) is 0.250. The number of nitrogens with zero attached hydrogens (tertiary/aromatic N) is 1. The Hall–Kier alpha value is -1.87. The molecule has 2 nitrogen and oxygen atoms in total. The first-order chi connectivity index (χ1) is 9.22. The molecule has 3 heteroatoms. The lowest BCUT2D eigenvalue weighted by Gasteiger charge is -2.14. The number of anilines is 1. The van der Waals surface area contributed by atoms with Gasteiger partial charge < -0.3 is 5.73 Å². The third-order valence-corrected chi connectivity index (χ3v) is 3.67. The van der Waals surface area contributed by atoms with Crippen LogP contribution in [0.25, 0.3) is 0 Å². The Balaban J connectivity index is 1.63. The third-order valence-electron chi connectivity index (χ3n) is 3.67. The molecule has 1 heterocycles. The number of benzene rings is 2. The Labute approximate surface area is 112 Å². The predicted molar refractivity (Wildman–Crippen MR) is 75.1 cm³/mol. The summed E-state index contributed by atoms with van der Waals surface area (Å²) in [7, 11) is 0. The zero-order valence-corrected chi connectivity index (χ0v) is 10.8. The second-order valence-corrected chi connectivity index (χ2v) is 5.08. The minimum atomic E-state index is -0.108. The van der Waals surface area contributed by atoms with Crippen LogP contribution < -0.4 is 5.73 Å². The smallest absolute Gasteiger partial charge is 0.126 e. The van der Waals surface area contributed by atoms with Crippen molar-refractivity contribution in [3.05, 3.63) is 65.0 Å². The van der Waals surface area contributed by atoms with E-state index in [1.165, 1.54) is 17.2 Å². The largest absolute Gasteiger partial charge is 0.399 e. The van der Waals surface area contributed by atoms with Gasteiger partial charge in [-0.15, -0.1) is 0 Å². The van der Waals surface area contributed by atoms with E-state index in [1.54, 1.807) is 6.07 Å². The van der Waals surface area contributed by atoms with Crippen LogP contribution in [-0.2, 0) is 19.5 Å². The Morgan fingerprint density at radius 2 is 1.84 bits per heavy atom. The summed E-state index contributed by atoms with van der Waals surface area (Å²) in [6.45, 7) is 2.72. The molecule has 2 N–H and O–H groups in total. The third kappa shape index (κ3) is 2.61. The first-order valence-corrected chi connectivity index (χ1v) is 6.55. The van der Waals surface area contributed by atoms with Gasteiger partial charge in [-0.25, -0.2) is 4.39 Å². The Morgan fingerprint density at radius 3 is 2.68 bits per heavy atom. The van der Waals surface area contributed by atoms with Gasteiger partial charge in [-0.2, -0.15) is 0 Å². The molecule has 0 unspecified atom stereocenters. The average molecular weight is 256 g/mol. The van der Waals surface area contributed by atoms with Gasteiger partial charge in [0.05, 0.1) is 0 Å². The Bertz CT molecular complexity index is 595. The SMILES string of the molecule is Nc1ccc2c(c1)CN(CCc1ccccc1F)C2. The summed E-state index contributed by atoms with van der Waals surface area (Å²) >= 11 is 0. The molecule has 1 aliphatic heterocycles. The Morgan fingerprint density at radius 1 is 1.05 bits per heavy atom. The highest BCUT2D eigenvalue weighted by Crippen LogP contribution is 2.24. The van der Waals surface area contributed by atoms with Crippen LogP contribution in [0.4, 0.5) is 10.1 Å². The van der Waals surface area contributed by atoms with Crippen molar-refractivity contribution in [1.29, 1.82) is 0 Å². The normalized spacial score (nSPS) is 14.6. The van der Waals surface area contributed by atoms with Gasteiger partial charge in [0.1, 0.15) is 5.82 Å². The van der Waals surface area contributed by atoms with Gasteiger partial charge in [0, 0.05) is 25.3 Å². The van der Waals surface area contributed by atoms with Crippen molar-refractivity contribution in [2.75, 3.05) is 12.3 Å². The summed E-state index contributed by atoms with van der Waals surface area (Å²) in [6.07, 6.45) is 0.746. The van der Waals surface area contributed by atoms with Gasteiger partial charge >= 0.3 is 0 Å². The molecule has 98 valence electrons. The molecular weight excluding hydrogens is 239 g/mol. The molecule has 2 aromatic rings. The van der Waals surface area contributed by atoms with Crippen LogP contribution in [0.3, 0.4) is 0 Å². The second kappa shape index (κ2) is 5.02. The van der Waals surface area contributed by atoms with Gasteiger partial charge in [0.15, 0.2) is 0 Å². The zero-order valence-electron chi connectivity index (χ0n) is 10.8. The first kappa shape index (κ1) is 12.2. The van der Waals surface area contributed by atoms with Gasteiger partial charge in [-0.05, 0) is 41.3 Å². The van der Waals surface area contributed by atoms with Crippen molar-refractivity contribution in [2.24, 2.45) is 0 Å². The minimum absolute atomic E-state index is 0.108. The number of hydrogen-bond acceptors (Lipinski definition) is 2. The first-order valence-electron chi connectivity index (χ1n) is 6.55. The van der Waals surface area contributed by atoms with E-state index in [-0.39, 0.29) is 5.82 Å². The molecule has 0 bridgehead atoms. The summed E-state index contributed by atoms with van der Waals surface area (Å²) in [5.74, 6) is -0.108. The number of fused-ring (bicyclic) bond motifs is 1. The second-order valence-electron chi connectivity index (χ2n) is 5.08. The maximum absolute atomic E-state index is 13.5. The predicted octanol–water partition coefficient (Wildman–Crippen LogP) is 2.97. The summed E-state index contributed by atoms with van der Waals surface area (Å²) in [6, 6.07) is 13.1. The summed E-state index contributed by atoms with van der Waals surface area (Å²) in [4.78, 5) is 2.33. The van der Waals surface area contributed by atoms with Crippen LogP contribution in [0, 0.1) is 5.82 Å². The lowest BCUT2D eigenvalue weighted by Crippen LogP contribution is -2.19. The van der Waals surface area contributed by atoms with E-state index in [4.69, 9.17) is 5.73 Å². The van der Waals surface area contributed by atoms with E-state index >= 15 is 0 Å². The molecule has 19 heavy (non-hydrogen) atoms. The molecule has 2 aromatic carbocycles. The topological polar surface area (TPSA) is 29.3 Å². The lowest BCUT2D eigenvalue weighted by atomic mass is 10.1. The number of rotatable bonds is 3. The van der Waals surface area contributed by atoms with Crippen LogP contribution in [0.5, 0.6) is 0 Å². The van der Waals surface area contributed by atoms with Crippen LogP contribution in [-0.4, -0.2) is 11.4 Å². The van der Waals surface area contributed by atoms with Crippen molar-refractivity contribution in [3.8, 4) is 0 Å². The molecule has 3 rings (SSSR count). The van der Waals surface area contributed by atoms with Gasteiger partial charge in [-0.1, -0.05) is 24.3 Å². The van der Waals surface area contributed by atoms with E-state index in [0.29, 0.717) is 0 Å². The van der Waals surface area contributed by atoms with Gasteiger partial charge in [-0.3, -0.25) is 4.90 Å². The molecule has 0 atom stereocenters. The Kier molecular flexibility index (Phi) is 3.22.